The average Bonchev–Trinajstić information content (AvgIpc) is 2.65. The van der Waals surface area contributed by atoms with E-state index in [0.29, 0.717) is 35.2 Å². The van der Waals surface area contributed by atoms with Crippen LogP contribution in [0.25, 0.3) is 6.08 Å². The summed E-state index contributed by atoms with van der Waals surface area (Å²) in [5.74, 6) is 1.40. The van der Waals surface area contributed by atoms with Gasteiger partial charge in [-0.15, -0.1) is 0 Å². The van der Waals surface area contributed by atoms with E-state index in [2.05, 4.69) is 5.32 Å². The lowest BCUT2D eigenvalue weighted by molar-refractivity contribution is -0.116. The summed E-state index contributed by atoms with van der Waals surface area (Å²) < 4.78 is 15.9. The molecule has 138 valence electrons. The molecule has 2 aromatic rings. The van der Waals surface area contributed by atoms with Gasteiger partial charge in [0.2, 0.25) is 11.7 Å². The van der Waals surface area contributed by atoms with Crippen LogP contribution in [0, 0.1) is 0 Å². The minimum atomic E-state index is -0.180. The lowest BCUT2D eigenvalue weighted by atomic mass is 10.1. The smallest absolute Gasteiger partial charge is 0.244 e. The van der Waals surface area contributed by atoms with E-state index in [1.165, 1.54) is 6.08 Å². The Kier molecular flexibility index (Phi) is 7.36. The van der Waals surface area contributed by atoms with Crippen molar-refractivity contribution in [1.29, 1.82) is 0 Å². The number of carbonyl (C=O) groups is 1. The summed E-state index contributed by atoms with van der Waals surface area (Å²) in [5.41, 5.74) is 1.84. The van der Waals surface area contributed by atoms with Crippen molar-refractivity contribution >= 4 is 23.6 Å². The summed E-state index contributed by atoms with van der Waals surface area (Å²) in [5, 5.41) is 3.54. The van der Waals surface area contributed by atoms with Crippen LogP contribution in [0.3, 0.4) is 0 Å². The molecule has 0 unspecified atom stereocenters. The van der Waals surface area contributed by atoms with Gasteiger partial charge in [-0.2, -0.15) is 0 Å². The molecule has 0 heterocycles. The van der Waals surface area contributed by atoms with Gasteiger partial charge in [-0.05, 0) is 47.9 Å². The predicted molar refractivity (Wildman–Crippen MR) is 103 cm³/mol. The number of hydrogen-bond acceptors (Lipinski definition) is 4. The van der Waals surface area contributed by atoms with Crippen LogP contribution in [-0.2, 0) is 11.2 Å². The van der Waals surface area contributed by atoms with Gasteiger partial charge in [-0.3, -0.25) is 4.79 Å². The molecule has 0 radical (unpaired) electrons. The lowest BCUT2D eigenvalue weighted by Crippen LogP contribution is -2.23. The molecule has 0 spiro atoms. The predicted octanol–water partition coefficient (Wildman–Crippen LogP) is 3.74. The molecule has 6 heteroatoms. The first-order valence-corrected chi connectivity index (χ1v) is 8.45. The molecule has 1 amide bonds. The van der Waals surface area contributed by atoms with E-state index >= 15 is 0 Å². The quantitative estimate of drug-likeness (QED) is 0.714. The van der Waals surface area contributed by atoms with E-state index in [-0.39, 0.29) is 5.91 Å². The fraction of sp³-hybridized carbons (Fsp3) is 0.250. The first-order valence-electron chi connectivity index (χ1n) is 8.07. The Morgan fingerprint density at radius 2 is 1.77 bits per heavy atom. The standard InChI is InChI=1S/C20H22ClNO4/c1-24-17-12-15(13-18(25-2)20(17)26-3)7-8-19(23)22-10-9-14-5-4-6-16(21)11-14/h4-8,11-13H,9-10H2,1-3H3,(H,22,23)/b8-7+. The van der Waals surface area contributed by atoms with Crippen molar-refractivity contribution in [1.82, 2.24) is 5.32 Å². The summed E-state index contributed by atoms with van der Waals surface area (Å²) in [6.07, 6.45) is 3.88. The Bertz CT molecular complexity index is 764. The number of nitrogens with one attached hydrogen (secondary N) is 1. The molecule has 0 fully saturated rings. The van der Waals surface area contributed by atoms with Gasteiger partial charge in [-0.1, -0.05) is 23.7 Å². The van der Waals surface area contributed by atoms with Crippen molar-refractivity contribution in [3.8, 4) is 17.2 Å². The number of ether oxygens (including phenoxy) is 3. The highest BCUT2D eigenvalue weighted by Crippen LogP contribution is 2.38. The first kappa shape index (κ1) is 19.7. The largest absolute Gasteiger partial charge is 0.493 e. The van der Waals surface area contributed by atoms with Crippen LogP contribution in [0.4, 0.5) is 0 Å². The van der Waals surface area contributed by atoms with Crippen LogP contribution in [0.1, 0.15) is 11.1 Å². The molecular formula is C20H22ClNO4. The topological polar surface area (TPSA) is 56.8 Å². The van der Waals surface area contributed by atoms with Gasteiger partial charge in [0.05, 0.1) is 21.3 Å². The van der Waals surface area contributed by atoms with Crippen LogP contribution in [0.5, 0.6) is 17.2 Å². The highest BCUT2D eigenvalue weighted by molar-refractivity contribution is 6.30. The monoisotopic (exact) mass is 375 g/mol. The first-order chi connectivity index (χ1) is 12.6. The van der Waals surface area contributed by atoms with E-state index in [1.807, 2.05) is 24.3 Å². The fourth-order valence-electron chi connectivity index (χ4n) is 2.45. The maximum atomic E-state index is 12.0. The van der Waals surface area contributed by atoms with E-state index in [4.69, 9.17) is 25.8 Å². The minimum absolute atomic E-state index is 0.180. The number of carbonyl (C=O) groups excluding carboxylic acids is 1. The summed E-state index contributed by atoms with van der Waals surface area (Å²) >= 11 is 5.95. The molecule has 0 bridgehead atoms. The summed E-state index contributed by atoms with van der Waals surface area (Å²) in [6, 6.07) is 11.1. The molecule has 0 aliphatic heterocycles. The van der Waals surface area contributed by atoms with E-state index in [0.717, 1.165) is 11.1 Å². The highest BCUT2D eigenvalue weighted by Gasteiger charge is 2.12. The molecule has 2 rings (SSSR count). The van der Waals surface area contributed by atoms with Crippen LogP contribution in [0.2, 0.25) is 5.02 Å². The van der Waals surface area contributed by atoms with Crippen LogP contribution >= 0.6 is 11.6 Å². The normalized spacial score (nSPS) is 10.6. The molecular weight excluding hydrogens is 354 g/mol. The summed E-state index contributed by atoms with van der Waals surface area (Å²) in [4.78, 5) is 12.0. The summed E-state index contributed by atoms with van der Waals surface area (Å²) in [6.45, 7) is 0.527. The molecule has 0 saturated heterocycles. The minimum Gasteiger partial charge on any atom is -0.493 e. The average molecular weight is 376 g/mol. The molecule has 0 aliphatic rings. The molecule has 0 aliphatic carbocycles. The van der Waals surface area contributed by atoms with Gasteiger partial charge in [0, 0.05) is 17.6 Å². The lowest BCUT2D eigenvalue weighted by Gasteiger charge is -2.12. The van der Waals surface area contributed by atoms with E-state index in [1.54, 1.807) is 39.5 Å². The Morgan fingerprint density at radius 3 is 2.35 bits per heavy atom. The van der Waals surface area contributed by atoms with Crippen molar-refractivity contribution < 1.29 is 19.0 Å². The Labute approximate surface area is 158 Å². The molecule has 0 atom stereocenters. The number of hydrogen-bond donors (Lipinski definition) is 1. The van der Waals surface area contributed by atoms with E-state index < -0.39 is 0 Å². The fourth-order valence-corrected chi connectivity index (χ4v) is 2.66. The third-order valence-corrected chi connectivity index (χ3v) is 3.95. The Balaban J connectivity index is 1.97. The molecule has 1 N–H and O–H groups in total. The second kappa shape index (κ2) is 9.73. The third-order valence-electron chi connectivity index (χ3n) is 3.72. The maximum Gasteiger partial charge on any atom is 0.244 e. The number of rotatable bonds is 8. The SMILES string of the molecule is COc1cc(/C=C/C(=O)NCCc2cccc(Cl)c2)cc(OC)c1OC. The van der Waals surface area contributed by atoms with Gasteiger partial charge in [0.1, 0.15) is 0 Å². The van der Waals surface area contributed by atoms with Crippen molar-refractivity contribution in [2.24, 2.45) is 0 Å². The Hall–Kier alpha value is -2.66. The molecule has 0 saturated carbocycles. The maximum absolute atomic E-state index is 12.0. The summed E-state index contributed by atoms with van der Waals surface area (Å²) in [7, 11) is 4.64. The van der Waals surface area contributed by atoms with Gasteiger partial charge in [0.25, 0.3) is 0 Å². The third kappa shape index (κ3) is 5.43. The second-order valence-electron chi connectivity index (χ2n) is 5.46. The Morgan fingerprint density at radius 1 is 1.08 bits per heavy atom. The van der Waals surface area contributed by atoms with Gasteiger partial charge in [-0.25, -0.2) is 0 Å². The zero-order valence-corrected chi connectivity index (χ0v) is 15.8. The van der Waals surface area contributed by atoms with Crippen molar-refractivity contribution in [3.05, 3.63) is 58.6 Å². The van der Waals surface area contributed by atoms with Crippen LogP contribution in [0.15, 0.2) is 42.5 Å². The van der Waals surface area contributed by atoms with Crippen molar-refractivity contribution in [2.75, 3.05) is 27.9 Å². The van der Waals surface area contributed by atoms with Gasteiger partial charge < -0.3 is 19.5 Å². The molecule has 26 heavy (non-hydrogen) atoms. The number of amides is 1. The van der Waals surface area contributed by atoms with Gasteiger partial charge >= 0.3 is 0 Å². The second-order valence-corrected chi connectivity index (χ2v) is 5.90. The van der Waals surface area contributed by atoms with Crippen molar-refractivity contribution in [2.45, 2.75) is 6.42 Å². The van der Waals surface area contributed by atoms with Crippen LogP contribution in [-0.4, -0.2) is 33.8 Å². The molecule has 2 aromatic carbocycles. The molecule has 5 nitrogen and oxygen atoms in total. The van der Waals surface area contributed by atoms with Crippen LogP contribution < -0.4 is 19.5 Å². The van der Waals surface area contributed by atoms with Crippen molar-refractivity contribution in [3.63, 3.8) is 0 Å². The highest BCUT2D eigenvalue weighted by atomic mass is 35.5. The van der Waals surface area contributed by atoms with Gasteiger partial charge in [0.15, 0.2) is 11.5 Å². The zero-order valence-electron chi connectivity index (χ0n) is 15.0. The van der Waals surface area contributed by atoms with E-state index in [9.17, 15) is 4.79 Å². The molecule has 0 aromatic heterocycles. The zero-order chi connectivity index (χ0) is 18.9. The number of benzene rings is 2. The number of halogens is 1. The number of methoxy groups -OCH3 is 3.